The third-order valence-electron chi connectivity index (χ3n) is 2.98. The maximum Gasteiger partial charge on any atom is 0.407 e. The fourth-order valence-corrected chi connectivity index (χ4v) is 2.23. The van der Waals surface area contributed by atoms with Crippen molar-refractivity contribution in [3.8, 4) is 0 Å². The Balaban J connectivity index is 1.89. The lowest BCUT2D eigenvalue weighted by Crippen LogP contribution is -2.62. The summed E-state index contributed by atoms with van der Waals surface area (Å²) in [6, 6.07) is 7.91. The average Bonchev–Trinajstić information content (AvgIpc) is 2.33. The Bertz CT molecular complexity index is 493. The summed E-state index contributed by atoms with van der Waals surface area (Å²) < 4.78 is 11.6. The van der Waals surface area contributed by atoms with Crippen molar-refractivity contribution in [2.45, 2.75) is 31.9 Å². The average molecular weight is 357 g/mol. The van der Waals surface area contributed by atoms with E-state index < -0.39 is 11.7 Å². The Morgan fingerprint density at radius 1 is 1.33 bits per heavy atom. The lowest BCUT2D eigenvalue weighted by atomic mass is 9.97. The molecule has 0 aromatic heterocycles. The topological polar surface area (TPSA) is 59.6 Å². The van der Waals surface area contributed by atoms with E-state index in [1.807, 2.05) is 45.0 Å². The molecular formula is C15H21BrN2O3. The molecule has 1 aromatic rings. The van der Waals surface area contributed by atoms with Crippen LogP contribution in [-0.2, 0) is 9.47 Å². The smallest absolute Gasteiger partial charge is 0.407 e. The van der Waals surface area contributed by atoms with Crippen LogP contribution < -0.4 is 10.6 Å². The zero-order valence-corrected chi connectivity index (χ0v) is 14.1. The number of carbonyl (C=O) groups excluding carboxylic acids is 1. The first-order valence-electron chi connectivity index (χ1n) is 6.86. The number of anilines is 1. The molecule has 0 bridgehead atoms. The van der Waals surface area contributed by atoms with Gasteiger partial charge in [0.2, 0.25) is 0 Å². The summed E-state index contributed by atoms with van der Waals surface area (Å²) in [5.41, 5.74) is 0.226. The van der Waals surface area contributed by atoms with Crippen molar-refractivity contribution in [3.05, 3.63) is 28.7 Å². The van der Waals surface area contributed by atoms with E-state index in [1.165, 1.54) is 0 Å². The largest absolute Gasteiger partial charge is 0.444 e. The maximum absolute atomic E-state index is 11.7. The van der Waals surface area contributed by atoms with E-state index >= 15 is 0 Å². The van der Waals surface area contributed by atoms with Crippen molar-refractivity contribution in [2.75, 3.05) is 25.1 Å². The van der Waals surface area contributed by atoms with Gasteiger partial charge in [-0.3, -0.25) is 0 Å². The van der Waals surface area contributed by atoms with Gasteiger partial charge in [0.05, 0.1) is 13.2 Å². The first kappa shape index (κ1) is 16.1. The number of carbonyl (C=O) groups is 1. The van der Waals surface area contributed by atoms with Crippen LogP contribution in [0.2, 0.25) is 0 Å². The summed E-state index contributed by atoms with van der Waals surface area (Å²) in [6.07, 6.45) is -0.411. The van der Waals surface area contributed by atoms with Crippen LogP contribution in [0.1, 0.15) is 20.8 Å². The van der Waals surface area contributed by atoms with Gasteiger partial charge >= 0.3 is 6.09 Å². The minimum absolute atomic E-state index is 0.273. The van der Waals surface area contributed by atoms with Gasteiger partial charge in [-0.15, -0.1) is 0 Å². The summed E-state index contributed by atoms with van der Waals surface area (Å²) >= 11 is 3.41. The van der Waals surface area contributed by atoms with Crippen LogP contribution in [0.5, 0.6) is 0 Å². The van der Waals surface area contributed by atoms with Crippen LogP contribution >= 0.6 is 15.9 Å². The SMILES string of the molecule is CC(C)(C)OC(=O)NCC1(Nc2ccc(Br)cc2)COC1. The van der Waals surface area contributed by atoms with Gasteiger partial charge in [-0.1, -0.05) is 15.9 Å². The highest BCUT2D eigenvalue weighted by atomic mass is 79.9. The third-order valence-corrected chi connectivity index (χ3v) is 3.51. The molecule has 1 heterocycles. The third kappa shape index (κ3) is 4.89. The highest BCUT2D eigenvalue weighted by Crippen LogP contribution is 2.24. The zero-order valence-electron chi connectivity index (χ0n) is 12.5. The molecule has 1 aliphatic rings. The number of ether oxygens (including phenoxy) is 2. The minimum Gasteiger partial charge on any atom is -0.444 e. The summed E-state index contributed by atoms with van der Waals surface area (Å²) in [5.74, 6) is 0. The van der Waals surface area contributed by atoms with Crippen molar-refractivity contribution in [3.63, 3.8) is 0 Å². The molecule has 21 heavy (non-hydrogen) atoms. The number of amides is 1. The highest BCUT2D eigenvalue weighted by Gasteiger charge is 2.39. The second-order valence-corrected chi connectivity index (χ2v) is 7.18. The normalized spacial score (nSPS) is 16.8. The van der Waals surface area contributed by atoms with E-state index in [-0.39, 0.29) is 5.54 Å². The molecule has 6 heteroatoms. The number of nitrogens with one attached hydrogen (secondary N) is 2. The Morgan fingerprint density at radius 2 is 1.95 bits per heavy atom. The number of hydrogen-bond donors (Lipinski definition) is 2. The van der Waals surface area contributed by atoms with Gasteiger partial charge in [-0.05, 0) is 45.0 Å². The number of hydrogen-bond acceptors (Lipinski definition) is 4. The first-order chi connectivity index (χ1) is 9.78. The molecule has 5 nitrogen and oxygen atoms in total. The van der Waals surface area contributed by atoms with Crippen molar-refractivity contribution in [2.24, 2.45) is 0 Å². The first-order valence-corrected chi connectivity index (χ1v) is 7.66. The quantitative estimate of drug-likeness (QED) is 0.869. The van der Waals surface area contributed by atoms with E-state index in [9.17, 15) is 4.79 Å². The zero-order chi connectivity index (χ0) is 15.5. The predicted molar refractivity (Wildman–Crippen MR) is 85.6 cm³/mol. The molecule has 0 saturated carbocycles. The summed E-state index contributed by atoms with van der Waals surface area (Å²) in [4.78, 5) is 11.7. The summed E-state index contributed by atoms with van der Waals surface area (Å²) in [7, 11) is 0. The molecule has 1 saturated heterocycles. The molecule has 2 rings (SSSR count). The second-order valence-electron chi connectivity index (χ2n) is 6.26. The van der Waals surface area contributed by atoms with E-state index in [2.05, 4.69) is 26.6 Å². The Hall–Kier alpha value is -1.27. The van der Waals surface area contributed by atoms with Crippen LogP contribution in [0.3, 0.4) is 0 Å². The minimum atomic E-state index is -0.494. The maximum atomic E-state index is 11.7. The van der Waals surface area contributed by atoms with Crippen molar-refractivity contribution in [1.82, 2.24) is 5.32 Å². The van der Waals surface area contributed by atoms with Gasteiger partial charge in [-0.2, -0.15) is 0 Å². The fourth-order valence-electron chi connectivity index (χ4n) is 1.96. The van der Waals surface area contributed by atoms with Crippen LogP contribution in [0.4, 0.5) is 10.5 Å². The van der Waals surface area contributed by atoms with Crippen molar-refractivity contribution < 1.29 is 14.3 Å². The monoisotopic (exact) mass is 356 g/mol. The highest BCUT2D eigenvalue weighted by molar-refractivity contribution is 9.10. The van der Waals surface area contributed by atoms with Crippen molar-refractivity contribution >= 4 is 27.7 Å². The molecule has 0 spiro atoms. The number of halogens is 1. The molecule has 116 valence electrons. The Kier molecular flexibility index (Phi) is 4.78. The molecule has 2 N–H and O–H groups in total. The summed E-state index contributed by atoms with van der Waals surface area (Å²) in [5, 5.41) is 6.22. The Morgan fingerprint density at radius 3 is 2.43 bits per heavy atom. The molecule has 0 atom stereocenters. The second kappa shape index (κ2) is 6.23. The molecule has 1 aliphatic heterocycles. The molecule has 0 radical (unpaired) electrons. The number of rotatable bonds is 4. The Labute approximate surface area is 133 Å². The van der Waals surface area contributed by atoms with Crippen LogP contribution in [0.25, 0.3) is 0 Å². The lowest BCUT2D eigenvalue weighted by Gasteiger charge is -2.42. The van der Waals surface area contributed by atoms with Gasteiger partial charge in [0.1, 0.15) is 11.1 Å². The van der Waals surface area contributed by atoms with Gasteiger partial charge in [-0.25, -0.2) is 4.79 Å². The molecule has 1 fully saturated rings. The van der Waals surface area contributed by atoms with E-state index in [1.54, 1.807) is 0 Å². The fraction of sp³-hybridized carbons (Fsp3) is 0.533. The van der Waals surface area contributed by atoms with E-state index in [0.717, 1.165) is 10.2 Å². The van der Waals surface area contributed by atoms with Crippen LogP contribution in [0, 0.1) is 0 Å². The van der Waals surface area contributed by atoms with Crippen LogP contribution in [-0.4, -0.2) is 37.0 Å². The standard InChI is InChI=1S/C15H21BrN2O3/c1-14(2,3)21-13(19)17-8-15(9-20-10-15)18-12-6-4-11(16)5-7-12/h4-7,18H,8-10H2,1-3H3,(H,17,19). The van der Waals surface area contributed by atoms with Gasteiger partial charge in [0, 0.05) is 16.7 Å². The predicted octanol–water partition coefficient (Wildman–Crippen LogP) is 3.15. The lowest BCUT2D eigenvalue weighted by molar-refractivity contribution is -0.0413. The van der Waals surface area contributed by atoms with E-state index in [0.29, 0.717) is 19.8 Å². The summed E-state index contributed by atoms with van der Waals surface area (Å²) in [6.45, 7) is 7.09. The number of alkyl carbamates (subject to hydrolysis) is 1. The molecular weight excluding hydrogens is 336 g/mol. The van der Waals surface area contributed by atoms with Gasteiger partial charge < -0.3 is 20.1 Å². The van der Waals surface area contributed by atoms with Crippen molar-refractivity contribution in [1.29, 1.82) is 0 Å². The van der Waals surface area contributed by atoms with Gasteiger partial charge in [0.15, 0.2) is 0 Å². The molecule has 0 unspecified atom stereocenters. The molecule has 0 aliphatic carbocycles. The molecule has 1 aromatic carbocycles. The van der Waals surface area contributed by atoms with E-state index in [4.69, 9.17) is 9.47 Å². The number of benzene rings is 1. The van der Waals surface area contributed by atoms with Crippen LogP contribution in [0.15, 0.2) is 28.7 Å². The molecule has 1 amide bonds. The van der Waals surface area contributed by atoms with Gasteiger partial charge in [0.25, 0.3) is 0 Å².